The molecule has 3 aromatic rings. The number of hydrogen-bond donors (Lipinski definition) is 3. The summed E-state index contributed by atoms with van der Waals surface area (Å²) >= 11 is 0. The molecule has 4 N–H and O–H groups in total. The first-order valence-corrected chi connectivity index (χ1v) is 7.01. The van der Waals surface area contributed by atoms with Gasteiger partial charge < -0.3 is 15.7 Å². The molecule has 0 bridgehead atoms. The maximum Gasteiger partial charge on any atom is 0.323 e. The van der Waals surface area contributed by atoms with Gasteiger partial charge in [0.1, 0.15) is 0 Å². The normalized spacial score (nSPS) is 12.8. The van der Waals surface area contributed by atoms with E-state index in [1.165, 1.54) is 16.7 Å². The highest BCUT2D eigenvalue weighted by atomic mass is 16.1. The number of aryl methyl sites for hydroxylation is 3. The van der Waals surface area contributed by atoms with E-state index in [-0.39, 0.29) is 11.7 Å². The van der Waals surface area contributed by atoms with Crippen LogP contribution in [0.15, 0.2) is 35.1 Å². The Bertz CT molecular complexity index is 850. The quantitative estimate of drug-likeness (QED) is 0.675. The van der Waals surface area contributed by atoms with Crippen LogP contribution in [-0.4, -0.2) is 9.97 Å². The van der Waals surface area contributed by atoms with E-state index in [0.29, 0.717) is 0 Å². The van der Waals surface area contributed by atoms with Crippen LogP contribution in [0.1, 0.15) is 33.9 Å². The minimum Gasteiger partial charge on any atom is -0.320 e. The van der Waals surface area contributed by atoms with Crippen molar-refractivity contribution in [1.82, 2.24) is 9.97 Å². The van der Waals surface area contributed by atoms with Crippen LogP contribution < -0.4 is 11.4 Å². The van der Waals surface area contributed by atoms with E-state index >= 15 is 0 Å². The van der Waals surface area contributed by atoms with Gasteiger partial charge in [0.15, 0.2) is 0 Å². The molecule has 0 amide bonds. The molecular weight excluding hydrogens is 262 g/mol. The summed E-state index contributed by atoms with van der Waals surface area (Å²) in [4.78, 5) is 16.9. The van der Waals surface area contributed by atoms with E-state index in [2.05, 4.69) is 42.9 Å². The summed E-state index contributed by atoms with van der Waals surface area (Å²) in [5.41, 5.74) is 13.6. The maximum absolute atomic E-state index is 11.3. The summed E-state index contributed by atoms with van der Waals surface area (Å²) in [5, 5.41) is 0. The van der Waals surface area contributed by atoms with Crippen molar-refractivity contribution in [1.29, 1.82) is 0 Å². The van der Waals surface area contributed by atoms with Crippen LogP contribution in [0.5, 0.6) is 0 Å². The van der Waals surface area contributed by atoms with E-state index in [9.17, 15) is 4.79 Å². The highest BCUT2D eigenvalue weighted by Gasteiger charge is 2.15. The number of aromatic nitrogens is 2. The molecule has 108 valence electrons. The molecule has 3 rings (SSSR count). The topological polar surface area (TPSA) is 74.7 Å². The number of aromatic amines is 2. The summed E-state index contributed by atoms with van der Waals surface area (Å²) in [6.07, 6.45) is 0. The predicted octanol–water partition coefficient (Wildman–Crippen LogP) is 2.83. The van der Waals surface area contributed by atoms with Crippen molar-refractivity contribution in [2.45, 2.75) is 26.8 Å². The number of nitrogens with one attached hydrogen (secondary N) is 2. The molecule has 0 spiro atoms. The second-order valence-corrected chi connectivity index (χ2v) is 5.67. The van der Waals surface area contributed by atoms with Gasteiger partial charge in [0, 0.05) is 0 Å². The molecule has 0 saturated carbocycles. The van der Waals surface area contributed by atoms with Gasteiger partial charge in [-0.05, 0) is 55.2 Å². The van der Waals surface area contributed by atoms with Crippen molar-refractivity contribution in [3.05, 3.63) is 68.6 Å². The summed E-state index contributed by atoms with van der Waals surface area (Å²) in [6, 6.07) is 9.90. The zero-order chi connectivity index (χ0) is 15.1. The summed E-state index contributed by atoms with van der Waals surface area (Å²) in [5.74, 6) is 0. The van der Waals surface area contributed by atoms with Gasteiger partial charge in [-0.15, -0.1) is 0 Å². The molecule has 0 aliphatic carbocycles. The van der Waals surface area contributed by atoms with Crippen molar-refractivity contribution < 1.29 is 0 Å². The average Bonchev–Trinajstić information content (AvgIpc) is 2.76. The molecular formula is C17H19N3O. The smallest absolute Gasteiger partial charge is 0.320 e. The molecule has 1 aromatic heterocycles. The molecule has 0 fully saturated rings. The molecule has 0 radical (unpaired) electrons. The number of H-pyrrole nitrogens is 2. The van der Waals surface area contributed by atoms with Crippen molar-refractivity contribution in [2.75, 3.05) is 0 Å². The average molecular weight is 281 g/mol. The van der Waals surface area contributed by atoms with Crippen molar-refractivity contribution in [3.8, 4) is 0 Å². The molecule has 0 saturated heterocycles. The Morgan fingerprint density at radius 3 is 2.24 bits per heavy atom. The highest BCUT2D eigenvalue weighted by Crippen LogP contribution is 2.28. The Kier molecular flexibility index (Phi) is 3.18. The standard InChI is InChI=1S/C17H19N3O/c1-9-6-10(2)15(11(3)7-9)16(18)12-4-5-13-14(8-12)20-17(21)19-13/h4-8,16H,18H2,1-3H3,(H2,19,20,21). The van der Waals surface area contributed by atoms with Crippen LogP contribution in [0.3, 0.4) is 0 Å². The van der Waals surface area contributed by atoms with Crippen LogP contribution in [0.25, 0.3) is 11.0 Å². The molecule has 1 heterocycles. The Morgan fingerprint density at radius 1 is 0.952 bits per heavy atom. The Labute approximate surface area is 123 Å². The zero-order valence-electron chi connectivity index (χ0n) is 12.4. The van der Waals surface area contributed by atoms with Crippen LogP contribution >= 0.6 is 0 Å². The zero-order valence-corrected chi connectivity index (χ0v) is 12.4. The van der Waals surface area contributed by atoms with E-state index < -0.39 is 0 Å². The summed E-state index contributed by atoms with van der Waals surface area (Å²) in [7, 11) is 0. The SMILES string of the molecule is Cc1cc(C)c(C(N)c2ccc3[nH]c(=O)[nH]c3c2)c(C)c1. The number of nitrogens with two attached hydrogens (primary N) is 1. The highest BCUT2D eigenvalue weighted by molar-refractivity contribution is 5.75. The third kappa shape index (κ3) is 2.38. The van der Waals surface area contributed by atoms with Gasteiger partial charge >= 0.3 is 5.69 Å². The molecule has 0 aliphatic heterocycles. The molecule has 21 heavy (non-hydrogen) atoms. The third-order valence-electron chi connectivity index (χ3n) is 3.95. The summed E-state index contributed by atoms with van der Waals surface area (Å²) in [6.45, 7) is 6.27. The van der Waals surface area contributed by atoms with Gasteiger partial charge in [0.25, 0.3) is 0 Å². The van der Waals surface area contributed by atoms with Gasteiger partial charge in [-0.3, -0.25) is 0 Å². The molecule has 2 aromatic carbocycles. The second kappa shape index (κ2) is 4.90. The van der Waals surface area contributed by atoms with Crippen LogP contribution in [0.4, 0.5) is 0 Å². The number of imidazole rings is 1. The second-order valence-electron chi connectivity index (χ2n) is 5.67. The monoisotopic (exact) mass is 281 g/mol. The largest absolute Gasteiger partial charge is 0.323 e. The van der Waals surface area contributed by atoms with E-state index in [0.717, 1.165) is 22.2 Å². The number of fused-ring (bicyclic) bond motifs is 1. The lowest BCUT2D eigenvalue weighted by Gasteiger charge is -2.19. The first-order chi connectivity index (χ1) is 9.95. The Hall–Kier alpha value is -2.33. The Morgan fingerprint density at radius 2 is 1.57 bits per heavy atom. The molecule has 0 aliphatic rings. The summed E-state index contributed by atoms with van der Waals surface area (Å²) < 4.78 is 0. The number of hydrogen-bond acceptors (Lipinski definition) is 2. The lowest BCUT2D eigenvalue weighted by Crippen LogP contribution is -2.15. The molecule has 1 atom stereocenters. The number of benzene rings is 2. The predicted molar refractivity (Wildman–Crippen MR) is 85.6 cm³/mol. The van der Waals surface area contributed by atoms with Gasteiger partial charge in [-0.2, -0.15) is 0 Å². The van der Waals surface area contributed by atoms with Gasteiger partial charge in [-0.1, -0.05) is 23.8 Å². The Balaban J connectivity index is 2.11. The minimum absolute atomic E-state index is 0.196. The first kappa shape index (κ1) is 13.6. The minimum atomic E-state index is -0.201. The fourth-order valence-corrected chi connectivity index (χ4v) is 3.09. The van der Waals surface area contributed by atoms with Gasteiger partial charge in [-0.25, -0.2) is 4.79 Å². The van der Waals surface area contributed by atoms with E-state index in [1.54, 1.807) is 0 Å². The van der Waals surface area contributed by atoms with E-state index in [1.807, 2.05) is 18.2 Å². The van der Waals surface area contributed by atoms with Crippen LogP contribution in [0.2, 0.25) is 0 Å². The third-order valence-corrected chi connectivity index (χ3v) is 3.95. The van der Waals surface area contributed by atoms with Gasteiger partial charge in [0.05, 0.1) is 17.1 Å². The van der Waals surface area contributed by atoms with Crippen molar-refractivity contribution >= 4 is 11.0 Å². The lowest BCUT2D eigenvalue weighted by molar-refractivity contribution is 0.851. The van der Waals surface area contributed by atoms with Crippen LogP contribution in [0, 0.1) is 20.8 Å². The lowest BCUT2D eigenvalue weighted by atomic mass is 9.90. The fraction of sp³-hybridized carbons (Fsp3) is 0.235. The first-order valence-electron chi connectivity index (χ1n) is 7.01. The van der Waals surface area contributed by atoms with E-state index in [4.69, 9.17) is 5.73 Å². The molecule has 4 nitrogen and oxygen atoms in total. The molecule has 4 heteroatoms. The van der Waals surface area contributed by atoms with Crippen molar-refractivity contribution in [2.24, 2.45) is 5.73 Å². The molecule has 1 unspecified atom stereocenters. The van der Waals surface area contributed by atoms with Crippen LogP contribution in [-0.2, 0) is 0 Å². The van der Waals surface area contributed by atoms with Gasteiger partial charge in [0.2, 0.25) is 0 Å². The van der Waals surface area contributed by atoms with Crippen molar-refractivity contribution in [3.63, 3.8) is 0 Å². The fourth-order valence-electron chi connectivity index (χ4n) is 3.09. The number of rotatable bonds is 2. The maximum atomic E-state index is 11.3.